The Kier molecular flexibility index (Phi) is 6.52. The monoisotopic (exact) mass is 338 g/mol. The van der Waals surface area contributed by atoms with E-state index in [1.165, 1.54) is 10.5 Å². The molecule has 1 nitrogen and oxygen atoms in total. The van der Waals surface area contributed by atoms with Crippen LogP contribution in [0, 0.1) is 0 Å². The van der Waals surface area contributed by atoms with Gasteiger partial charge in [0.25, 0.3) is 0 Å². The van der Waals surface area contributed by atoms with E-state index in [1.54, 1.807) is 11.8 Å². The summed E-state index contributed by atoms with van der Waals surface area (Å²) in [6.45, 7) is 0. The Morgan fingerprint density at radius 1 is 0.947 bits per heavy atom. The molecule has 0 aliphatic carbocycles. The molecule has 0 aliphatic rings. The van der Waals surface area contributed by atoms with Gasteiger partial charge in [0.2, 0.25) is 0 Å². The van der Waals surface area contributed by atoms with E-state index in [0.29, 0.717) is 15.0 Å². The van der Waals surface area contributed by atoms with Crippen molar-refractivity contribution in [1.29, 1.82) is 0 Å². The SMILES string of the molecule is OC(CSc1ccccc1)C[Se]Cc1ccccc1. The quantitative estimate of drug-likeness (QED) is 0.617. The molecule has 0 fully saturated rings. The van der Waals surface area contributed by atoms with Gasteiger partial charge >= 0.3 is 125 Å². The third kappa shape index (κ3) is 5.83. The summed E-state index contributed by atoms with van der Waals surface area (Å²) >= 11 is 2.22. The fraction of sp³-hybridized carbons (Fsp3) is 0.250. The molecule has 0 amide bonds. The standard InChI is InChI=1S/C16H18OSSe/c17-15(11-18-16-9-5-2-6-10-16)13-19-12-14-7-3-1-4-8-14/h1-10,15,17H,11-13H2. The zero-order chi connectivity index (χ0) is 13.3. The van der Waals surface area contributed by atoms with E-state index < -0.39 is 0 Å². The molecule has 0 bridgehead atoms. The van der Waals surface area contributed by atoms with Crippen molar-refractivity contribution in [3.05, 3.63) is 66.2 Å². The predicted molar refractivity (Wildman–Crippen MR) is 83.9 cm³/mol. The van der Waals surface area contributed by atoms with Gasteiger partial charge in [-0.25, -0.2) is 0 Å². The summed E-state index contributed by atoms with van der Waals surface area (Å²) in [6, 6.07) is 20.8. The van der Waals surface area contributed by atoms with E-state index in [2.05, 4.69) is 36.4 Å². The van der Waals surface area contributed by atoms with Crippen molar-refractivity contribution in [1.82, 2.24) is 0 Å². The summed E-state index contributed by atoms with van der Waals surface area (Å²) in [6.07, 6.45) is -0.186. The van der Waals surface area contributed by atoms with Gasteiger partial charge in [0.1, 0.15) is 0 Å². The van der Waals surface area contributed by atoms with Crippen molar-refractivity contribution >= 4 is 26.7 Å². The number of hydrogen-bond acceptors (Lipinski definition) is 2. The van der Waals surface area contributed by atoms with E-state index in [1.807, 2.05) is 24.3 Å². The number of benzene rings is 2. The van der Waals surface area contributed by atoms with Gasteiger partial charge < -0.3 is 0 Å². The molecule has 0 radical (unpaired) electrons. The predicted octanol–water partition coefficient (Wildman–Crippen LogP) is 3.46. The minimum absolute atomic E-state index is 0.186. The zero-order valence-electron chi connectivity index (χ0n) is 10.7. The molecule has 2 aromatic rings. The second kappa shape index (κ2) is 8.44. The Bertz CT molecular complexity index is 461. The molecule has 0 heterocycles. The van der Waals surface area contributed by atoms with Crippen LogP contribution in [-0.4, -0.2) is 31.9 Å². The van der Waals surface area contributed by atoms with Crippen LogP contribution in [0.5, 0.6) is 0 Å². The Morgan fingerprint density at radius 2 is 1.58 bits per heavy atom. The Hall–Kier alpha value is -0.731. The number of hydrogen-bond donors (Lipinski definition) is 1. The molecular formula is C16H18OSSe. The zero-order valence-corrected chi connectivity index (χ0v) is 13.3. The first-order valence-corrected chi connectivity index (χ1v) is 9.73. The molecule has 100 valence electrons. The first-order valence-electron chi connectivity index (χ1n) is 6.32. The first kappa shape index (κ1) is 14.7. The molecule has 1 atom stereocenters. The molecule has 1 unspecified atom stereocenters. The number of aliphatic hydroxyl groups is 1. The Morgan fingerprint density at radius 3 is 2.26 bits per heavy atom. The van der Waals surface area contributed by atoms with Crippen LogP contribution in [0.4, 0.5) is 0 Å². The fourth-order valence-electron chi connectivity index (χ4n) is 1.64. The van der Waals surface area contributed by atoms with Crippen LogP contribution in [-0.2, 0) is 5.32 Å². The molecule has 3 heteroatoms. The van der Waals surface area contributed by atoms with Gasteiger partial charge in [-0.1, -0.05) is 0 Å². The number of rotatable bonds is 7. The second-order valence-corrected chi connectivity index (χ2v) is 7.53. The molecule has 19 heavy (non-hydrogen) atoms. The van der Waals surface area contributed by atoms with Crippen LogP contribution >= 0.6 is 11.8 Å². The van der Waals surface area contributed by atoms with E-state index in [4.69, 9.17) is 0 Å². The maximum atomic E-state index is 9.98. The molecule has 0 saturated heterocycles. The summed E-state index contributed by atoms with van der Waals surface area (Å²) in [4.78, 5) is 1.23. The van der Waals surface area contributed by atoms with Crippen molar-refractivity contribution in [3.63, 3.8) is 0 Å². The average Bonchev–Trinajstić information content (AvgIpc) is 2.47. The van der Waals surface area contributed by atoms with Gasteiger partial charge in [0, 0.05) is 0 Å². The third-order valence-corrected chi connectivity index (χ3v) is 6.19. The van der Waals surface area contributed by atoms with Crippen LogP contribution in [0.3, 0.4) is 0 Å². The Labute approximate surface area is 125 Å². The molecule has 0 spiro atoms. The first-order chi connectivity index (χ1) is 9.34. The van der Waals surface area contributed by atoms with E-state index >= 15 is 0 Å². The third-order valence-electron chi connectivity index (χ3n) is 2.61. The van der Waals surface area contributed by atoms with Crippen LogP contribution in [0.15, 0.2) is 65.6 Å². The second-order valence-electron chi connectivity index (χ2n) is 4.28. The Balaban J connectivity index is 1.64. The summed E-state index contributed by atoms with van der Waals surface area (Å²) in [5.41, 5.74) is 1.38. The normalized spacial score (nSPS) is 12.3. The van der Waals surface area contributed by atoms with Crippen molar-refractivity contribution in [3.8, 4) is 0 Å². The average molecular weight is 337 g/mol. The van der Waals surface area contributed by atoms with Gasteiger partial charge in [-0.3, -0.25) is 0 Å². The van der Waals surface area contributed by atoms with Gasteiger partial charge in [-0.05, 0) is 0 Å². The van der Waals surface area contributed by atoms with Gasteiger partial charge in [0.05, 0.1) is 0 Å². The van der Waals surface area contributed by atoms with Crippen molar-refractivity contribution < 1.29 is 5.11 Å². The summed E-state index contributed by atoms with van der Waals surface area (Å²) in [5.74, 6) is 0.792. The molecule has 0 aromatic heterocycles. The molecule has 1 N–H and O–H groups in total. The van der Waals surface area contributed by atoms with Gasteiger partial charge in [-0.15, -0.1) is 0 Å². The van der Waals surface area contributed by atoms with E-state index in [0.717, 1.165) is 16.4 Å². The minimum atomic E-state index is -0.186. The van der Waals surface area contributed by atoms with Gasteiger partial charge in [0.15, 0.2) is 0 Å². The molecule has 0 saturated carbocycles. The number of aliphatic hydroxyl groups excluding tert-OH is 1. The summed E-state index contributed by atoms with van der Waals surface area (Å²) < 4.78 is 0. The van der Waals surface area contributed by atoms with Crippen LogP contribution < -0.4 is 0 Å². The number of thioether (sulfide) groups is 1. The van der Waals surface area contributed by atoms with Crippen molar-refractivity contribution in [2.24, 2.45) is 0 Å². The maximum absolute atomic E-state index is 9.98. The van der Waals surface area contributed by atoms with Crippen molar-refractivity contribution in [2.75, 3.05) is 5.75 Å². The molecular weight excluding hydrogens is 319 g/mol. The molecule has 2 aromatic carbocycles. The van der Waals surface area contributed by atoms with E-state index in [-0.39, 0.29) is 6.10 Å². The van der Waals surface area contributed by atoms with E-state index in [9.17, 15) is 5.11 Å². The van der Waals surface area contributed by atoms with Gasteiger partial charge in [-0.2, -0.15) is 0 Å². The van der Waals surface area contributed by atoms with Crippen LogP contribution in [0.25, 0.3) is 0 Å². The van der Waals surface area contributed by atoms with Crippen LogP contribution in [0.2, 0.25) is 5.32 Å². The topological polar surface area (TPSA) is 20.2 Å². The summed E-state index contributed by atoms with van der Waals surface area (Å²) in [7, 11) is 0. The molecule has 2 rings (SSSR count). The summed E-state index contributed by atoms with van der Waals surface area (Å²) in [5, 5.41) is 12.0. The van der Waals surface area contributed by atoms with Crippen LogP contribution in [0.1, 0.15) is 5.56 Å². The molecule has 0 aliphatic heterocycles. The van der Waals surface area contributed by atoms with Crippen molar-refractivity contribution in [2.45, 2.75) is 21.6 Å². The fourth-order valence-corrected chi connectivity index (χ4v) is 4.80.